The van der Waals surface area contributed by atoms with Crippen molar-refractivity contribution in [2.24, 2.45) is 0 Å². The van der Waals surface area contributed by atoms with Crippen LogP contribution in [0.15, 0.2) is 18.2 Å². The molecule has 0 aliphatic heterocycles. The maximum absolute atomic E-state index is 14.2. The van der Waals surface area contributed by atoms with Crippen LogP contribution in [-0.4, -0.2) is 19.6 Å². The van der Waals surface area contributed by atoms with Gasteiger partial charge in [-0.2, -0.15) is 0 Å². The quantitative estimate of drug-likeness (QED) is 0.798. The van der Waals surface area contributed by atoms with Gasteiger partial charge >= 0.3 is 0 Å². The van der Waals surface area contributed by atoms with Gasteiger partial charge in [-0.3, -0.25) is 0 Å². The van der Waals surface area contributed by atoms with Crippen molar-refractivity contribution in [3.63, 3.8) is 0 Å². The van der Waals surface area contributed by atoms with Crippen molar-refractivity contribution >= 4 is 5.69 Å². The number of nitrogens with one attached hydrogen (secondary N) is 1. The van der Waals surface area contributed by atoms with Gasteiger partial charge in [-0.15, -0.1) is 0 Å². The van der Waals surface area contributed by atoms with Crippen molar-refractivity contribution in [3.05, 3.63) is 29.6 Å². The smallest absolute Gasteiger partial charge is 0.146 e. The van der Waals surface area contributed by atoms with E-state index in [9.17, 15) is 4.39 Å². The highest BCUT2D eigenvalue weighted by Gasteiger charge is 2.19. The van der Waals surface area contributed by atoms with Gasteiger partial charge in [0.05, 0.1) is 5.69 Å². The third-order valence-electron chi connectivity index (χ3n) is 3.72. The first-order valence-electron chi connectivity index (χ1n) is 7.27. The molecule has 0 fully saturated rings. The average molecular weight is 266 g/mol. The molecule has 1 rings (SSSR count). The summed E-state index contributed by atoms with van der Waals surface area (Å²) in [6, 6.07) is 5.86. The predicted molar refractivity (Wildman–Crippen MR) is 81.3 cm³/mol. The molecular formula is C16H27FN2. The second kappa shape index (κ2) is 7.49. The summed E-state index contributed by atoms with van der Waals surface area (Å²) in [5.41, 5.74) is 1.77. The Balaban J connectivity index is 3.10. The molecule has 0 heterocycles. The molecule has 0 bridgehead atoms. The Labute approximate surface area is 117 Å². The van der Waals surface area contributed by atoms with Crippen LogP contribution in [0.2, 0.25) is 0 Å². The van der Waals surface area contributed by atoms with Crippen molar-refractivity contribution in [1.29, 1.82) is 0 Å². The van der Waals surface area contributed by atoms with E-state index < -0.39 is 0 Å². The Morgan fingerprint density at radius 1 is 1.26 bits per heavy atom. The number of rotatable bonds is 7. The molecule has 3 heteroatoms. The zero-order valence-electron chi connectivity index (χ0n) is 12.8. The first-order valence-corrected chi connectivity index (χ1v) is 7.27. The van der Waals surface area contributed by atoms with Crippen molar-refractivity contribution in [2.45, 2.75) is 52.6 Å². The summed E-state index contributed by atoms with van der Waals surface area (Å²) in [6.45, 7) is 9.34. The molecule has 2 nitrogen and oxygen atoms in total. The highest BCUT2D eigenvalue weighted by Crippen LogP contribution is 2.30. The van der Waals surface area contributed by atoms with Gasteiger partial charge in [0.1, 0.15) is 5.82 Å². The molecule has 0 amide bonds. The van der Waals surface area contributed by atoms with Crippen LogP contribution in [-0.2, 0) is 0 Å². The number of para-hydroxylation sites is 1. The summed E-state index contributed by atoms with van der Waals surface area (Å²) < 4.78 is 14.2. The average Bonchev–Trinajstić information content (AvgIpc) is 2.38. The van der Waals surface area contributed by atoms with Crippen LogP contribution in [0.4, 0.5) is 10.1 Å². The van der Waals surface area contributed by atoms with Crippen LogP contribution in [0.5, 0.6) is 0 Å². The van der Waals surface area contributed by atoms with Crippen molar-refractivity contribution in [2.75, 3.05) is 18.5 Å². The molecule has 2 atom stereocenters. The molecule has 0 aliphatic carbocycles. The molecule has 0 saturated heterocycles. The molecule has 1 aromatic rings. The lowest BCUT2D eigenvalue weighted by Crippen LogP contribution is -2.31. The number of hydrogen-bond acceptors (Lipinski definition) is 2. The molecular weight excluding hydrogens is 239 g/mol. The minimum absolute atomic E-state index is 0.132. The Morgan fingerprint density at radius 3 is 2.53 bits per heavy atom. The number of anilines is 1. The third kappa shape index (κ3) is 3.93. The maximum Gasteiger partial charge on any atom is 0.146 e. The fourth-order valence-corrected chi connectivity index (χ4v) is 2.50. The van der Waals surface area contributed by atoms with Crippen LogP contribution in [0.3, 0.4) is 0 Å². The van der Waals surface area contributed by atoms with Crippen LogP contribution < -0.4 is 10.2 Å². The van der Waals surface area contributed by atoms with E-state index in [1.54, 1.807) is 12.1 Å². The molecule has 0 saturated carbocycles. The largest absolute Gasteiger partial charge is 0.369 e. The topological polar surface area (TPSA) is 15.3 Å². The lowest BCUT2D eigenvalue weighted by molar-refractivity contribution is 0.558. The maximum atomic E-state index is 14.2. The van der Waals surface area contributed by atoms with Crippen LogP contribution in [0.25, 0.3) is 0 Å². The van der Waals surface area contributed by atoms with Gasteiger partial charge in [0.25, 0.3) is 0 Å². The van der Waals surface area contributed by atoms with Crippen molar-refractivity contribution in [3.8, 4) is 0 Å². The molecule has 1 N–H and O–H groups in total. The summed E-state index contributed by atoms with van der Waals surface area (Å²) in [5, 5.41) is 3.36. The number of hydrogen-bond donors (Lipinski definition) is 1. The van der Waals surface area contributed by atoms with Gasteiger partial charge in [0.2, 0.25) is 0 Å². The monoisotopic (exact) mass is 266 g/mol. The van der Waals surface area contributed by atoms with Gasteiger partial charge in [-0.1, -0.05) is 32.4 Å². The molecule has 19 heavy (non-hydrogen) atoms. The van der Waals surface area contributed by atoms with Gasteiger partial charge in [0.15, 0.2) is 0 Å². The summed E-state index contributed by atoms with van der Waals surface area (Å²) in [4.78, 5) is 2.07. The Morgan fingerprint density at radius 2 is 1.95 bits per heavy atom. The van der Waals surface area contributed by atoms with Crippen LogP contribution in [0, 0.1) is 5.82 Å². The zero-order valence-corrected chi connectivity index (χ0v) is 12.8. The van der Waals surface area contributed by atoms with E-state index in [1.807, 2.05) is 13.1 Å². The van der Waals surface area contributed by atoms with E-state index in [4.69, 9.17) is 0 Å². The number of nitrogens with zero attached hydrogens (tertiary/aromatic N) is 1. The van der Waals surface area contributed by atoms with E-state index in [1.165, 1.54) is 0 Å². The van der Waals surface area contributed by atoms with Gasteiger partial charge in [0, 0.05) is 19.1 Å². The molecule has 0 aromatic heterocycles. The summed E-state index contributed by atoms with van der Waals surface area (Å²) in [6.07, 6.45) is 2.18. The molecule has 108 valence electrons. The molecule has 2 unspecified atom stereocenters. The second-order valence-corrected chi connectivity index (χ2v) is 5.21. The highest BCUT2D eigenvalue weighted by atomic mass is 19.1. The fraction of sp³-hybridized carbons (Fsp3) is 0.625. The van der Waals surface area contributed by atoms with Crippen molar-refractivity contribution in [1.82, 2.24) is 5.32 Å². The van der Waals surface area contributed by atoms with E-state index in [0.29, 0.717) is 6.04 Å². The highest BCUT2D eigenvalue weighted by molar-refractivity contribution is 5.56. The molecule has 0 spiro atoms. The van der Waals surface area contributed by atoms with E-state index in [-0.39, 0.29) is 11.9 Å². The van der Waals surface area contributed by atoms with Crippen LogP contribution in [0.1, 0.15) is 52.1 Å². The predicted octanol–water partition coefficient (Wildman–Crippen LogP) is 4.12. The normalized spacial score (nSPS) is 14.2. The minimum Gasteiger partial charge on any atom is -0.369 e. The van der Waals surface area contributed by atoms with Gasteiger partial charge in [-0.25, -0.2) is 4.39 Å². The zero-order chi connectivity index (χ0) is 14.4. The molecule has 1 aromatic carbocycles. The van der Waals surface area contributed by atoms with E-state index in [2.05, 4.69) is 37.9 Å². The Bertz CT molecular complexity index is 392. The second-order valence-electron chi connectivity index (χ2n) is 5.21. The summed E-state index contributed by atoms with van der Waals surface area (Å²) in [7, 11) is 1.99. The summed E-state index contributed by atoms with van der Waals surface area (Å²) >= 11 is 0. The minimum atomic E-state index is -0.132. The number of benzene rings is 1. The Kier molecular flexibility index (Phi) is 6.29. The third-order valence-corrected chi connectivity index (χ3v) is 3.72. The van der Waals surface area contributed by atoms with Gasteiger partial charge in [-0.05, 0) is 38.4 Å². The standard InChI is InChI=1S/C16H27FN2/c1-6-9-12(3)19(5)16-14(13(4)18-7-2)10-8-11-15(16)17/h8,10-13,18H,6-7,9H2,1-5H3. The number of halogens is 1. The van der Waals surface area contributed by atoms with E-state index >= 15 is 0 Å². The van der Waals surface area contributed by atoms with Crippen molar-refractivity contribution < 1.29 is 4.39 Å². The fourth-order valence-electron chi connectivity index (χ4n) is 2.50. The first-order chi connectivity index (χ1) is 9.02. The molecule has 0 aliphatic rings. The lowest BCUT2D eigenvalue weighted by atomic mass is 10.0. The Hall–Kier alpha value is -1.09. The first kappa shape index (κ1) is 16.0. The van der Waals surface area contributed by atoms with Crippen LogP contribution >= 0.6 is 0 Å². The SMILES string of the molecule is CCCC(C)N(C)c1c(F)cccc1C(C)NCC. The van der Waals surface area contributed by atoms with E-state index in [0.717, 1.165) is 30.6 Å². The lowest BCUT2D eigenvalue weighted by Gasteiger charge is -2.31. The van der Waals surface area contributed by atoms with Gasteiger partial charge < -0.3 is 10.2 Å². The summed E-state index contributed by atoms with van der Waals surface area (Å²) in [5.74, 6) is -0.132. The molecule has 0 radical (unpaired) electrons.